The van der Waals surface area contributed by atoms with E-state index >= 15 is 0 Å². The zero-order valence-electron chi connectivity index (χ0n) is 15.8. The lowest BCUT2D eigenvalue weighted by Crippen LogP contribution is -2.47. The Balaban J connectivity index is 1.41. The highest BCUT2D eigenvalue weighted by molar-refractivity contribution is 5.81. The van der Waals surface area contributed by atoms with E-state index in [0.29, 0.717) is 6.54 Å². The van der Waals surface area contributed by atoms with E-state index in [4.69, 9.17) is 0 Å². The molecule has 1 aliphatic heterocycles. The lowest BCUT2D eigenvalue weighted by molar-refractivity contribution is -0.136. The van der Waals surface area contributed by atoms with Crippen LogP contribution in [0.2, 0.25) is 0 Å². The van der Waals surface area contributed by atoms with Crippen LogP contribution in [0.5, 0.6) is 0 Å². The van der Waals surface area contributed by atoms with Gasteiger partial charge in [-0.15, -0.1) is 0 Å². The Hall–Kier alpha value is -2.14. The van der Waals surface area contributed by atoms with Crippen LogP contribution in [0.4, 0.5) is 0 Å². The molecule has 1 aromatic carbocycles. The number of benzene rings is 1. The predicted octanol–water partition coefficient (Wildman–Crippen LogP) is 2.69. The van der Waals surface area contributed by atoms with Crippen LogP contribution >= 0.6 is 0 Å². The van der Waals surface area contributed by atoms with Crippen LogP contribution in [-0.4, -0.2) is 45.5 Å². The number of amides is 1. The number of rotatable bonds is 4. The van der Waals surface area contributed by atoms with Crippen molar-refractivity contribution in [3.05, 3.63) is 52.3 Å². The number of carbonyl (C=O) groups is 1. The van der Waals surface area contributed by atoms with Crippen molar-refractivity contribution in [3.63, 3.8) is 0 Å². The van der Waals surface area contributed by atoms with E-state index in [1.54, 1.807) is 0 Å². The number of hydrogen-bond donors (Lipinski definition) is 1. The Kier molecular flexibility index (Phi) is 4.81. The number of aromatic nitrogens is 2. The number of H-pyrrole nitrogens is 1. The van der Waals surface area contributed by atoms with E-state index in [0.717, 1.165) is 38.0 Å². The van der Waals surface area contributed by atoms with Gasteiger partial charge in [0, 0.05) is 25.8 Å². The number of aromatic amines is 1. The highest BCUT2D eigenvalue weighted by atomic mass is 16.2. The van der Waals surface area contributed by atoms with Gasteiger partial charge in [0.25, 0.3) is 0 Å². The minimum Gasteiger partial charge on any atom is -0.338 e. The van der Waals surface area contributed by atoms with Gasteiger partial charge in [-0.1, -0.05) is 24.3 Å². The summed E-state index contributed by atoms with van der Waals surface area (Å²) in [7, 11) is 1.90. The number of nitrogens with zero attached hydrogens (tertiary/aromatic N) is 3. The first-order valence-corrected chi connectivity index (χ1v) is 9.74. The number of carbonyl (C=O) groups excluding carboxylic acids is 1. The second-order valence-corrected chi connectivity index (χ2v) is 7.69. The first kappa shape index (κ1) is 17.3. The van der Waals surface area contributed by atoms with Crippen LogP contribution in [0.1, 0.15) is 47.8 Å². The van der Waals surface area contributed by atoms with Crippen molar-refractivity contribution in [1.82, 2.24) is 20.0 Å². The van der Waals surface area contributed by atoms with Gasteiger partial charge in [-0.05, 0) is 55.7 Å². The molecule has 1 atom stereocenters. The van der Waals surface area contributed by atoms with Crippen molar-refractivity contribution in [3.8, 4) is 0 Å². The summed E-state index contributed by atoms with van der Waals surface area (Å²) in [6.45, 7) is 4.43. The van der Waals surface area contributed by atoms with Crippen LogP contribution in [0.25, 0.3) is 0 Å². The van der Waals surface area contributed by atoms with E-state index < -0.39 is 0 Å². The SMILES string of the molecule is C[C@@H](C(=O)N(C)Cc1n[nH]c2c1CCCC2)N1CCc2ccccc2C1. The number of hydrogen-bond acceptors (Lipinski definition) is 3. The quantitative estimate of drug-likeness (QED) is 0.920. The molecule has 0 bridgehead atoms. The van der Waals surface area contributed by atoms with Gasteiger partial charge >= 0.3 is 0 Å². The molecule has 0 unspecified atom stereocenters. The normalized spacial score (nSPS) is 18.1. The van der Waals surface area contributed by atoms with E-state index in [-0.39, 0.29) is 11.9 Å². The molecule has 1 N–H and O–H groups in total. The Bertz CT molecular complexity index is 797. The van der Waals surface area contributed by atoms with Gasteiger partial charge in [0.05, 0.1) is 18.3 Å². The molecule has 1 aromatic heterocycles. The topological polar surface area (TPSA) is 52.2 Å². The minimum absolute atomic E-state index is 0.108. The molecule has 26 heavy (non-hydrogen) atoms. The summed E-state index contributed by atoms with van der Waals surface area (Å²) < 4.78 is 0. The summed E-state index contributed by atoms with van der Waals surface area (Å²) in [5.74, 6) is 0.178. The number of likely N-dealkylation sites (N-methyl/N-ethyl adjacent to an activating group) is 1. The Morgan fingerprint density at radius 2 is 2.00 bits per heavy atom. The maximum Gasteiger partial charge on any atom is 0.239 e. The maximum atomic E-state index is 13.0. The maximum absolute atomic E-state index is 13.0. The second kappa shape index (κ2) is 7.23. The van der Waals surface area contributed by atoms with Gasteiger partial charge in [0.15, 0.2) is 0 Å². The minimum atomic E-state index is -0.108. The summed E-state index contributed by atoms with van der Waals surface area (Å²) in [4.78, 5) is 17.1. The van der Waals surface area contributed by atoms with Crippen molar-refractivity contribution in [2.45, 2.75) is 58.2 Å². The standard InChI is InChI=1S/C21H28N4O/c1-15(25-12-11-16-7-3-4-8-17(16)13-25)21(26)24(2)14-20-18-9-5-6-10-19(18)22-23-20/h3-4,7-8,15H,5-6,9-14H2,1-2H3,(H,22,23)/t15-/m0/s1. The molecule has 138 valence electrons. The van der Waals surface area contributed by atoms with Crippen molar-refractivity contribution in [2.24, 2.45) is 0 Å². The zero-order valence-corrected chi connectivity index (χ0v) is 15.8. The molecule has 5 nitrogen and oxygen atoms in total. The molecular formula is C21H28N4O. The van der Waals surface area contributed by atoms with Gasteiger partial charge < -0.3 is 4.90 Å². The average Bonchev–Trinajstić information content (AvgIpc) is 3.09. The molecule has 0 fully saturated rings. The van der Waals surface area contributed by atoms with Gasteiger partial charge in [-0.25, -0.2) is 0 Å². The third kappa shape index (κ3) is 3.28. The van der Waals surface area contributed by atoms with Gasteiger partial charge in [-0.3, -0.25) is 14.8 Å². The monoisotopic (exact) mass is 352 g/mol. The summed E-state index contributed by atoms with van der Waals surface area (Å²) in [5.41, 5.74) is 6.43. The molecule has 0 spiro atoms. The number of fused-ring (bicyclic) bond motifs is 2. The fourth-order valence-electron chi connectivity index (χ4n) is 4.31. The van der Waals surface area contributed by atoms with Crippen molar-refractivity contribution in [2.75, 3.05) is 13.6 Å². The first-order chi connectivity index (χ1) is 12.6. The lowest BCUT2D eigenvalue weighted by Gasteiger charge is -2.34. The van der Waals surface area contributed by atoms with Crippen LogP contribution in [-0.2, 0) is 37.1 Å². The molecule has 0 saturated heterocycles. The van der Waals surface area contributed by atoms with E-state index in [1.807, 2.05) is 18.9 Å². The highest BCUT2D eigenvalue weighted by Gasteiger charge is 2.28. The smallest absolute Gasteiger partial charge is 0.239 e. The van der Waals surface area contributed by atoms with Gasteiger partial charge in [0.2, 0.25) is 5.91 Å². The van der Waals surface area contributed by atoms with Crippen molar-refractivity contribution < 1.29 is 4.79 Å². The number of nitrogens with one attached hydrogen (secondary N) is 1. The Labute approximate surface area is 155 Å². The molecule has 1 amide bonds. The summed E-state index contributed by atoms with van der Waals surface area (Å²) in [6, 6.07) is 8.45. The van der Waals surface area contributed by atoms with E-state index in [2.05, 4.69) is 39.4 Å². The van der Waals surface area contributed by atoms with Gasteiger partial charge in [-0.2, -0.15) is 5.10 Å². The van der Waals surface area contributed by atoms with Crippen LogP contribution in [0.15, 0.2) is 24.3 Å². The Morgan fingerprint density at radius 1 is 1.23 bits per heavy atom. The lowest BCUT2D eigenvalue weighted by atomic mass is 9.96. The average molecular weight is 352 g/mol. The first-order valence-electron chi connectivity index (χ1n) is 9.74. The van der Waals surface area contributed by atoms with Crippen LogP contribution < -0.4 is 0 Å². The molecule has 1 aliphatic carbocycles. The number of aryl methyl sites for hydroxylation is 1. The van der Waals surface area contributed by atoms with Crippen molar-refractivity contribution >= 4 is 5.91 Å². The highest BCUT2D eigenvalue weighted by Crippen LogP contribution is 2.24. The van der Waals surface area contributed by atoms with Crippen LogP contribution in [0, 0.1) is 0 Å². The molecule has 2 aromatic rings. The molecule has 2 heterocycles. The van der Waals surface area contributed by atoms with E-state index in [9.17, 15) is 4.79 Å². The fraction of sp³-hybridized carbons (Fsp3) is 0.524. The molecule has 2 aliphatic rings. The molecule has 0 radical (unpaired) electrons. The second-order valence-electron chi connectivity index (χ2n) is 7.69. The largest absolute Gasteiger partial charge is 0.338 e. The van der Waals surface area contributed by atoms with Crippen LogP contribution in [0.3, 0.4) is 0 Å². The summed E-state index contributed by atoms with van der Waals surface area (Å²) in [5, 5.41) is 7.67. The van der Waals surface area contributed by atoms with E-state index in [1.165, 1.54) is 35.2 Å². The predicted molar refractivity (Wildman–Crippen MR) is 102 cm³/mol. The third-order valence-electron chi connectivity index (χ3n) is 5.97. The summed E-state index contributed by atoms with van der Waals surface area (Å²) >= 11 is 0. The molecule has 0 saturated carbocycles. The fourth-order valence-corrected chi connectivity index (χ4v) is 4.31. The van der Waals surface area contributed by atoms with Gasteiger partial charge in [0.1, 0.15) is 0 Å². The zero-order chi connectivity index (χ0) is 18.1. The van der Waals surface area contributed by atoms with Crippen molar-refractivity contribution in [1.29, 1.82) is 0 Å². The summed E-state index contributed by atoms with van der Waals surface area (Å²) in [6.07, 6.45) is 5.65. The molecule has 4 rings (SSSR count). The molecule has 5 heteroatoms. The molecular weight excluding hydrogens is 324 g/mol. The third-order valence-corrected chi connectivity index (χ3v) is 5.97. The Morgan fingerprint density at radius 3 is 2.85 bits per heavy atom.